The summed E-state index contributed by atoms with van der Waals surface area (Å²) in [6.07, 6.45) is 11.0. The highest BCUT2D eigenvalue weighted by atomic mass is 32.2. The summed E-state index contributed by atoms with van der Waals surface area (Å²) >= 11 is 2.13. The Hall–Kier alpha value is 0.01000. The zero-order chi connectivity index (χ0) is 12.7. The number of hydrogen-bond donors (Lipinski definition) is 1. The van der Waals surface area contributed by atoms with E-state index in [1.54, 1.807) is 0 Å². The van der Waals surface area contributed by atoms with Crippen molar-refractivity contribution in [3.63, 3.8) is 0 Å². The second-order valence-corrected chi connectivity index (χ2v) is 7.24. The van der Waals surface area contributed by atoms with Gasteiger partial charge in [-0.3, -0.25) is 0 Å². The van der Waals surface area contributed by atoms with E-state index in [1.807, 2.05) is 0 Å². The topological polar surface area (TPSA) is 21.3 Å². The van der Waals surface area contributed by atoms with E-state index in [9.17, 15) is 0 Å². The predicted molar refractivity (Wildman–Crippen MR) is 80.3 cm³/mol. The van der Waals surface area contributed by atoms with E-state index < -0.39 is 0 Å². The molecule has 104 valence electrons. The number of ether oxygens (including phenoxy) is 1. The minimum absolute atomic E-state index is 0.442. The molecule has 2 aliphatic rings. The molecule has 0 spiro atoms. The van der Waals surface area contributed by atoms with Crippen LogP contribution < -0.4 is 5.32 Å². The molecule has 1 aliphatic carbocycles. The molecule has 18 heavy (non-hydrogen) atoms. The third-order valence-corrected chi connectivity index (χ3v) is 5.57. The molecule has 1 N–H and O–H groups in total. The molecule has 0 radical (unpaired) electrons. The summed E-state index contributed by atoms with van der Waals surface area (Å²) in [5, 5.41) is 3.74. The average Bonchev–Trinajstić information content (AvgIpc) is 2.41. The lowest BCUT2D eigenvalue weighted by atomic mass is 9.93. The van der Waals surface area contributed by atoms with E-state index in [1.165, 1.54) is 44.4 Å². The molecule has 1 heterocycles. The number of allylic oxidation sites excluding steroid dienone is 2. The minimum Gasteiger partial charge on any atom is -0.381 e. The maximum atomic E-state index is 5.52. The van der Waals surface area contributed by atoms with Gasteiger partial charge in [0.25, 0.3) is 0 Å². The monoisotopic (exact) mass is 269 g/mol. The van der Waals surface area contributed by atoms with Crippen LogP contribution in [0.3, 0.4) is 0 Å². The molecule has 1 atom stereocenters. The summed E-state index contributed by atoms with van der Waals surface area (Å²) in [7, 11) is 0. The fourth-order valence-corrected chi connectivity index (χ4v) is 4.24. The van der Waals surface area contributed by atoms with E-state index in [0.29, 0.717) is 4.75 Å². The van der Waals surface area contributed by atoms with Crippen molar-refractivity contribution in [1.29, 1.82) is 0 Å². The largest absolute Gasteiger partial charge is 0.381 e. The maximum Gasteiger partial charge on any atom is 0.0479 e. The maximum absolute atomic E-state index is 5.52. The smallest absolute Gasteiger partial charge is 0.0479 e. The van der Waals surface area contributed by atoms with E-state index >= 15 is 0 Å². The van der Waals surface area contributed by atoms with Crippen molar-refractivity contribution in [2.24, 2.45) is 5.92 Å². The van der Waals surface area contributed by atoms with Crippen LogP contribution in [-0.2, 0) is 4.74 Å². The van der Waals surface area contributed by atoms with Crippen LogP contribution in [0.25, 0.3) is 0 Å². The van der Waals surface area contributed by atoms with Crippen molar-refractivity contribution in [1.82, 2.24) is 5.32 Å². The number of nitrogens with one attached hydrogen (secondary N) is 1. The van der Waals surface area contributed by atoms with Crippen molar-refractivity contribution in [2.75, 3.05) is 32.1 Å². The molecule has 3 heteroatoms. The molecular weight excluding hydrogens is 242 g/mol. The first-order valence-electron chi connectivity index (χ1n) is 7.42. The van der Waals surface area contributed by atoms with Gasteiger partial charge in [0.2, 0.25) is 0 Å². The summed E-state index contributed by atoms with van der Waals surface area (Å²) in [5.41, 5.74) is 0. The lowest BCUT2D eigenvalue weighted by Gasteiger charge is -2.37. The van der Waals surface area contributed by atoms with Crippen LogP contribution in [0, 0.1) is 5.92 Å². The molecule has 0 aromatic carbocycles. The summed E-state index contributed by atoms with van der Waals surface area (Å²) in [4.78, 5) is 0. The van der Waals surface area contributed by atoms with Crippen LogP contribution in [0.4, 0.5) is 0 Å². The standard InChI is InChI=1S/C15H27NOS/c1-2-18-15(8-10-17-11-9-15)13-16-12-14-6-4-3-5-7-14/h3-4,14,16H,2,5-13H2,1H3/t14-/m0/s1. The van der Waals surface area contributed by atoms with Crippen LogP contribution in [-0.4, -0.2) is 36.8 Å². The number of thioether (sulfide) groups is 1. The van der Waals surface area contributed by atoms with Gasteiger partial charge in [-0.25, -0.2) is 0 Å². The van der Waals surface area contributed by atoms with Gasteiger partial charge >= 0.3 is 0 Å². The summed E-state index contributed by atoms with van der Waals surface area (Å²) in [5.74, 6) is 2.08. The molecule has 0 unspecified atom stereocenters. The number of rotatable bonds is 6. The summed E-state index contributed by atoms with van der Waals surface area (Å²) in [6.45, 7) is 6.52. The van der Waals surface area contributed by atoms with Gasteiger partial charge in [0, 0.05) is 24.5 Å². The van der Waals surface area contributed by atoms with E-state index in [2.05, 4.69) is 36.2 Å². The van der Waals surface area contributed by atoms with Crippen LogP contribution in [0.1, 0.15) is 39.0 Å². The lowest BCUT2D eigenvalue weighted by Crippen LogP contribution is -2.44. The Kier molecular flexibility index (Phi) is 6.06. The highest BCUT2D eigenvalue weighted by molar-refractivity contribution is 8.00. The number of hydrogen-bond acceptors (Lipinski definition) is 3. The normalized spacial score (nSPS) is 27.3. The third-order valence-electron chi connectivity index (χ3n) is 4.11. The Labute approximate surface area is 116 Å². The van der Waals surface area contributed by atoms with E-state index in [-0.39, 0.29) is 0 Å². The predicted octanol–water partition coefficient (Wildman–Crippen LogP) is 3.23. The van der Waals surface area contributed by atoms with Gasteiger partial charge in [-0.05, 0) is 50.3 Å². The minimum atomic E-state index is 0.442. The molecule has 0 amide bonds. The second kappa shape index (κ2) is 7.56. The molecule has 2 rings (SSSR count). The Balaban J connectivity index is 1.73. The highest BCUT2D eigenvalue weighted by Gasteiger charge is 2.32. The first-order chi connectivity index (χ1) is 8.85. The van der Waals surface area contributed by atoms with Crippen LogP contribution in [0.15, 0.2) is 12.2 Å². The zero-order valence-corrected chi connectivity index (χ0v) is 12.4. The summed E-state index contributed by atoms with van der Waals surface area (Å²) < 4.78 is 5.96. The molecule has 1 aliphatic heterocycles. The highest BCUT2D eigenvalue weighted by Crippen LogP contribution is 2.34. The van der Waals surface area contributed by atoms with E-state index in [0.717, 1.165) is 25.7 Å². The van der Waals surface area contributed by atoms with Crippen molar-refractivity contribution in [2.45, 2.75) is 43.8 Å². The SMILES string of the molecule is CCSC1(CNC[C@H]2CC=CCC2)CCOCC1. The van der Waals surface area contributed by atoms with Gasteiger partial charge in [0.05, 0.1) is 0 Å². The Morgan fingerprint density at radius 2 is 2.17 bits per heavy atom. The zero-order valence-electron chi connectivity index (χ0n) is 11.6. The van der Waals surface area contributed by atoms with Crippen LogP contribution in [0.5, 0.6) is 0 Å². The molecular formula is C15H27NOS. The first kappa shape index (κ1) is 14.4. The molecule has 0 bridgehead atoms. The fraction of sp³-hybridized carbons (Fsp3) is 0.867. The van der Waals surface area contributed by atoms with Gasteiger partial charge < -0.3 is 10.1 Å². The Morgan fingerprint density at radius 1 is 1.33 bits per heavy atom. The summed E-state index contributed by atoms with van der Waals surface area (Å²) in [6, 6.07) is 0. The average molecular weight is 269 g/mol. The Bertz CT molecular complexity index is 256. The first-order valence-corrected chi connectivity index (χ1v) is 8.41. The fourth-order valence-electron chi connectivity index (χ4n) is 2.97. The van der Waals surface area contributed by atoms with Gasteiger partial charge in [0.15, 0.2) is 0 Å². The quantitative estimate of drug-likeness (QED) is 0.748. The molecule has 1 saturated heterocycles. The Morgan fingerprint density at radius 3 is 2.83 bits per heavy atom. The molecule has 0 aromatic heterocycles. The molecule has 0 saturated carbocycles. The van der Waals surface area contributed by atoms with Crippen LogP contribution in [0.2, 0.25) is 0 Å². The van der Waals surface area contributed by atoms with Crippen LogP contribution >= 0.6 is 11.8 Å². The lowest BCUT2D eigenvalue weighted by molar-refractivity contribution is 0.0769. The molecule has 0 aromatic rings. The van der Waals surface area contributed by atoms with Gasteiger partial charge in [-0.2, -0.15) is 11.8 Å². The van der Waals surface area contributed by atoms with Crippen molar-refractivity contribution >= 4 is 11.8 Å². The second-order valence-electron chi connectivity index (χ2n) is 5.51. The molecule has 2 nitrogen and oxygen atoms in total. The van der Waals surface area contributed by atoms with Gasteiger partial charge in [-0.15, -0.1) is 0 Å². The molecule has 1 fully saturated rings. The van der Waals surface area contributed by atoms with Gasteiger partial charge in [0.1, 0.15) is 0 Å². The van der Waals surface area contributed by atoms with E-state index in [4.69, 9.17) is 4.74 Å². The van der Waals surface area contributed by atoms with Crippen molar-refractivity contribution in [3.05, 3.63) is 12.2 Å². The van der Waals surface area contributed by atoms with Gasteiger partial charge in [-0.1, -0.05) is 19.1 Å². The third kappa shape index (κ3) is 4.29. The van der Waals surface area contributed by atoms with Crippen molar-refractivity contribution < 1.29 is 4.74 Å². The van der Waals surface area contributed by atoms with Crippen molar-refractivity contribution in [3.8, 4) is 0 Å².